The summed E-state index contributed by atoms with van der Waals surface area (Å²) in [6.45, 7) is 1.53. The highest BCUT2D eigenvalue weighted by molar-refractivity contribution is 5.91. The topological polar surface area (TPSA) is 40.5 Å². The molecule has 1 saturated carbocycles. The molecule has 1 heterocycles. The molecule has 3 nitrogen and oxygen atoms in total. The highest BCUT2D eigenvalue weighted by atomic mass is 16.3. The average Bonchev–Trinajstić information content (AvgIpc) is 2.86. The number of hydrogen-bond acceptors (Lipinski definition) is 2. The van der Waals surface area contributed by atoms with Crippen molar-refractivity contribution in [3.05, 3.63) is 42.0 Å². The van der Waals surface area contributed by atoms with Crippen LogP contribution in [-0.4, -0.2) is 35.1 Å². The molecule has 0 bridgehead atoms. The van der Waals surface area contributed by atoms with Crippen LogP contribution in [0.4, 0.5) is 0 Å². The Labute approximate surface area is 126 Å². The van der Waals surface area contributed by atoms with Gasteiger partial charge in [-0.2, -0.15) is 0 Å². The van der Waals surface area contributed by atoms with E-state index in [4.69, 9.17) is 0 Å². The minimum absolute atomic E-state index is 0.0332. The van der Waals surface area contributed by atoms with Crippen LogP contribution in [0.2, 0.25) is 0 Å². The van der Waals surface area contributed by atoms with E-state index in [9.17, 15) is 9.90 Å². The predicted molar refractivity (Wildman–Crippen MR) is 83.6 cm³/mol. The molecule has 112 valence electrons. The molecule has 1 aromatic carbocycles. The number of nitrogens with zero attached hydrogens (tertiary/aromatic N) is 1. The number of aliphatic hydroxyl groups excluding tert-OH is 1. The molecule has 1 aromatic rings. The van der Waals surface area contributed by atoms with Crippen LogP contribution >= 0.6 is 0 Å². The highest BCUT2D eigenvalue weighted by Crippen LogP contribution is 2.45. The van der Waals surface area contributed by atoms with E-state index in [-0.39, 0.29) is 17.4 Å². The minimum Gasteiger partial charge on any atom is -0.392 e. The fourth-order valence-corrected chi connectivity index (χ4v) is 3.78. The number of amides is 1. The van der Waals surface area contributed by atoms with Crippen molar-refractivity contribution < 1.29 is 9.90 Å². The van der Waals surface area contributed by atoms with Gasteiger partial charge in [-0.3, -0.25) is 4.79 Å². The smallest absolute Gasteiger partial charge is 0.246 e. The monoisotopic (exact) mass is 285 g/mol. The van der Waals surface area contributed by atoms with E-state index in [1.165, 1.54) is 0 Å². The van der Waals surface area contributed by atoms with Crippen LogP contribution in [-0.2, 0) is 4.79 Å². The van der Waals surface area contributed by atoms with Crippen molar-refractivity contribution >= 4 is 12.0 Å². The van der Waals surface area contributed by atoms with Gasteiger partial charge in [-0.05, 0) is 37.3 Å². The van der Waals surface area contributed by atoms with Gasteiger partial charge in [0.25, 0.3) is 0 Å². The van der Waals surface area contributed by atoms with Gasteiger partial charge in [-0.25, -0.2) is 0 Å². The standard InChI is InChI=1S/C18H23NO2/c20-16-8-4-11-18(16)12-5-13-19(14-18)17(21)10-9-15-6-2-1-3-7-15/h1-3,6-7,9-10,16,20H,4-5,8,11-14H2/b10-9+/t16-,18+/m1/s1. The SMILES string of the molecule is O=C(/C=C/c1ccccc1)N1CCC[C@@]2(CCC[C@H]2O)C1. The fourth-order valence-electron chi connectivity index (χ4n) is 3.78. The van der Waals surface area contributed by atoms with Crippen molar-refractivity contribution in [1.29, 1.82) is 0 Å². The third-order valence-electron chi connectivity index (χ3n) is 5.00. The second-order valence-electron chi connectivity index (χ2n) is 6.38. The number of carbonyl (C=O) groups excluding carboxylic acids is 1. The summed E-state index contributed by atoms with van der Waals surface area (Å²) in [7, 11) is 0. The van der Waals surface area contributed by atoms with Gasteiger partial charge in [0.2, 0.25) is 5.91 Å². The number of carbonyl (C=O) groups is 1. The molecule has 1 spiro atoms. The molecule has 3 heteroatoms. The minimum atomic E-state index is -0.230. The maximum atomic E-state index is 12.4. The lowest BCUT2D eigenvalue weighted by molar-refractivity contribution is -0.131. The third-order valence-corrected chi connectivity index (χ3v) is 5.00. The zero-order chi connectivity index (χ0) is 14.7. The fraction of sp³-hybridized carbons (Fsp3) is 0.500. The molecule has 1 amide bonds. The molecule has 3 rings (SSSR count). The van der Waals surface area contributed by atoms with Crippen LogP contribution in [0.3, 0.4) is 0 Å². The summed E-state index contributed by atoms with van der Waals surface area (Å²) >= 11 is 0. The second-order valence-corrected chi connectivity index (χ2v) is 6.38. The molecule has 21 heavy (non-hydrogen) atoms. The van der Waals surface area contributed by atoms with Crippen molar-refractivity contribution in [2.75, 3.05) is 13.1 Å². The molecule has 1 saturated heterocycles. The van der Waals surface area contributed by atoms with Gasteiger partial charge < -0.3 is 10.0 Å². The second kappa shape index (κ2) is 6.02. The molecular weight excluding hydrogens is 262 g/mol. The van der Waals surface area contributed by atoms with Crippen molar-refractivity contribution in [3.8, 4) is 0 Å². The van der Waals surface area contributed by atoms with Gasteiger partial charge >= 0.3 is 0 Å². The zero-order valence-corrected chi connectivity index (χ0v) is 12.4. The molecule has 0 unspecified atom stereocenters. The molecule has 1 aliphatic carbocycles. The molecule has 0 aromatic heterocycles. The Morgan fingerprint density at radius 1 is 1.24 bits per heavy atom. The normalized spacial score (nSPS) is 29.4. The van der Waals surface area contributed by atoms with Crippen molar-refractivity contribution in [2.45, 2.75) is 38.2 Å². The van der Waals surface area contributed by atoms with Crippen molar-refractivity contribution in [1.82, 2.24) is 4.90 Å². The van der Waals surface area contributed by atoms with E-state index >= 15 is 0 Å². The van der Waals surface area contributed by atoms with Crippen molar-refractivity contribution in [2.24, 2.45) is 5.41 Å². The average molecular weight is 285 g/mol. The first-order valence-corrected chi connectivity index (χ1v) is 7.90. The Bertz CT molecular complexity index is 525. The predicted octanol–water partition coefficient (Wildman–Crippen LogP) is 2.85. The van der Waals surface area contributed by atoms with Crippen molar-refractivity contribution in [3.63, 3.8) is 0 Å². The number of rotatable bonds is 2. The summed E-state index contributed by atoms with van der Waals surface area (Å²) in [4.78, 5) is 14.3. The number of piperidine rings is 1. The largest absolute Gasteiger partial charge is 0.392 e. The van der Waals surface area contributed by atoms with Crippen LogP contribution in [0.15, 0.2) is 36.4 Å². The first kappa shape index (κ1) is 14.3. The van der Waals surface area contributed by atoms with E-state index in [0.717, 1.165) is 44.2 Å². The van der Waals surface area contributed by atoms with E-state index < -0.39 is 0 Å². The Morgan fingerprint density at radius 3 is 2.71 bits per heavy atom. The summed E-state index contributed by atoms with van der Waals surface area (Å²) in [6, 6.07) is 9.88. The van der Waals surface area contributed by atoms with Crippen LogP contribution in [0.5, 0.6) is 0 Å². The number of benzene rings is 1. The van der Waals surface area contributed by atoms with Gasteiger partial charge in [0, 0.05) is 24.6 Å². The lowest BCUT2D eigenvalue weighted by Crippen LogP contribution is -2.48. The van der Waals surface area contributed by atoms with Gasteiger partial charge in [-0.1, -0.05) is 36.8 Å². The summed E-state index contributed by atoms with van der Waals surface area (Å²) < 4.78 is 0. The highest BCUT2D eigenvalue weighted by Gasteiger charge is 2.45. The van der Waals surface area contributed by atoms with E-state index in [2.05, 4.69) is 0 Å². The molecular formula is C18H23NO2. The number of hydrogen-bond donors (Lipinski definition) is 1. The van der Waals surface area contributed by atoms with Crippen LogP contribution in [0, 0.1) is 5.41 Å². The molecule has 2 fully saturated rings. The van der Waals surface area contributed by atoms with Gasteiger partial charge in [0.05, 0.1) is 6.10 Å². The van der Waals surface area contributed by atoms with Crippen LogP contribution in [0.25, 0.3) is 6.08 Å². The van der Waals surface area contributed by atoms with Gasteiger partial charge in [-0.15, -0.1) is 0 Å². The molecule has 1 aliphatic heterocycles. The molecule has 2 atom stereocenters. The van der Waals surface area contributed by atoms with Gasteiger partial charge in [0.15, 0.2) is 0 Å². The quantitative estimate of drug-likeness (QED) is 0.849. The first-order chi connectivity index (χ1) is 10.2. The Kier molecular flexibility index (Phi) is 4.11. The Morgan fingerprint density at radius 2 is 2.00 bits per heavy atom. The molecule has 1 N–H and O–H groups in total. The Balaban J connectivity index is 1.66. The van der Waals surface area contributed by atoms with Crippen LogP contribution in [0.1, 0.15) is 37.7 Å². The molecule has 2 aliphatic rings. The maximum absolute atomic E-state index is 12.4. The lowest BCUT2D eigenvalue weighted by atomic mass is 9.76. The van der Waals surface area contributed by atoms with E-state index in [1.807, 2.05) is 41.3 Å². The van der Waals surface area contributed by atoms with Crippen LogP contribution < -0.4 is 0 Å². The summed E-state index contributed by atoms with van der Waals surface area (Å²) in [5.41, 5.74) is 1.01. The van der Waals surface area contributed by atoms with Gasteiger partial charge in [0.1, 0.15) is 0 Å². The molecule has 0 radical (unpaired) electrons. The summed E-state index contributed by atoms with van der Waals surface area (Å²) in [5, 5.41) is 10.3. The summed E-state index contributed by atoms with van der Waals surface area (Å²) in [6.07, 6.45) is 8.39. The lowest BCUT2D eigenvalue weighted by Gasteiger charge is -2.42. The third kappa shape index (κ3) is 3.03. The Hall–Kier alpha value is -1.61. The first-order valence-electron chi connectivity index (χ1n) is 7.90. The maximum Gasteiger partial charge on any atom is 0.246 e. The van der Waals surface area contributed by atoms with E-state index in [0.29, 0.717) is 6.54 Å². The number of likely N-dealkylation sites (tertiary alicyclic amines) is 1. The number of aliphatic hydroxyl groups is 1. The van der Waals surface area contributed by atoms with E-state index in [1.54, 1.807) is 6.08 Å². The summed E-state index contributed by atoms with van der Waals surface area (Å²) in [5.74, 6) is 0.0667. The zero-order valence-electron chi connectivity index (χ0n) is 12.4.